The number of nitrogens with zero attached hydrogens (tertiary/aromatic N) is 1. The highest BCUT2D eigenvalue weighted by Crippen LogP contribution is 2.28. The number of benzene rings is 2. The third-order valence-electron chi connectivity index (χ3n) is 4.09. The minimum atomic E-state index is -3.80. The van der Waals surface area contributed by atoms with Gasteiger partial charge in [0.05, 0.1) is 21.2 Å². The molecule has 32 heavy (non-hydrogen) atoms. The largest absolute Gasteiger partial charge is 0.325 e. The first kappa shape index (κ1) is 23.8. The van der Waals surface area contributed by atoms with Gasteiger partial charge < -0.3 is 5.32 Å². The summed E-state index contributed by atoms with van der Waals surface area (Å²) in [5.41, 5.74) is 1.69. The molecule has 11 heteroatoms. The number of halogens is 1. The van der Waals surface area contributed by atoms with Crippen LogP contribution in [0.15, 0.2) is 63.8 Å². The Balaban J connectivity index is 1.57. The second-order valence-corrected chi connectivity index (χ2v) is 10.3. The van der Waals surface area contributed by atoms with E-state index in [1.807, 2.05) is 0 Å². The number of anilines is 1. The van der Waals surface area contributed by atoms with Crippen molar-refractivity contribution in [2.45, 2.75) is 16.2 Å². The number of sulfonamides is 1. The van der Waals surface area contributed by atoms with E-state index in [1.54, 1.807) is 25.1 Å². The van der Waals surface area contributed by atoms with Crippen LogP contribution < -0.4 is 10.5 Å². The zero-order valence-electron chi connectivity index (χ0n) is 16.7. The van der Waals surface area contributed by atoms with Crippen molar-refractivity contribution in [2.24, 2.45) is 5.14 Å². The van der Waals surface area contributed by atoms with Crippen molar-refractivity contribution in [3.8, 4) is 0 Å². The molecule has 0 spiro atoms. The SMILES string of the molecule is Cc1nc(SCC(=O)Nc2ccc(S(N)(=O)=O)cc2)sc1C(=O)/C=C/c1ccc(F)cc1. The number of hydrogen-bond acceptors (Lipinski definition) is 7. The number of allylic oxidation sites excluding steroid dienone is 1. The summed E-state index contributed by atoms with van der Waals surface area (Å²) in [4.78, 5) is 29.4. The van der Waals surface area contributed by atoms with Crippen LogP contribution in [-0.4, -0.2) is 30.8 Å². The summed E-state index contributed by atoms with van der Waals surface area (Å²) >= 11 is 2.37. The van der Waals surface area contributed by atoms with Gasteiger partial charge in [0.1, 0.15) is 5.82 Å². The second-order valence-electron chi connectivity index (χ2n) is 6.55. The lowest BCUT2D eigenvalue weighted by Crippen LogP contribution is -2.15. The number of carbonyl (C=O) groups excluding carboxylic acids is 2. The molecule has 0 fully saturated rings. The molecule has 0 saturated carbocycles. The van der Waals surface area contributed by atoms with Gasteiger partial charge in [-0.05, 0) is 55.0 Å². The fourth-order valence-electron chi connectivity index (χ4n) is 2.54. The van der Waals surface area contributed by atoms with Crippen LogP contribution in [0.5, 0.6) is 0 Å². The third kappa shape index (κ3) is 6.57. The summed E-state index contributed by atoms with van der Waals surface area (Å²) in [5, 5.41) is 7.70. The van der Waals surface area contributed by atoms with Gasteiger partial charge in [-0.3, -0.25) is 9.59 Å². The van der Waals surface area contributed by atoms with Crippen molar-refractivity contribution in [3.05, 3.63) is 76.6 Å². The lowest BCUT2D eigenvalue weighted by atomic mass is 10.2. The molecule has 0 aliphatic heterocycles. The Morgan fingerprint density at radius 3 is 2.44 bits per heavy atom. The average molecular weight is 492 g/mol. The van der Waals surface area contributed by atoms with Gasteiger partial charge in [0.15, 0.2) is 10.1 Å². The van der Waals surface area contributed by atoms with E-state index in [0.717, 1.165) is 0 Å². The first-order valence-electron chi connectivity index (χ1n) is 9.13. The number of rotatable bonds is 8. The van der Waals surface area contributed by atoms with Crippen molar-refractivity contribution < 1.29 is 22.4 Å². The highest BCUT2D eigenvalue weighted by atomic mass is 32.2. The van der Waals surface area contributed by atoms with E-state index < -0.39 is 10.0 Å². The summed E-state index contributed by atoms with van der Waals surface area (Å²) in [6.45, 7) is 1.71. The van der Waals surface area contributed by atoms with Crippen LogP contribution in [0.1, 0.15) is 20.9 Å². The maximum absolute atomic E-state index is 13.0. The maximum atomic E-state index is 13.0. The number of aromatic nitrogens is 1. The first-order valence-corrected chi connectivity index (χ1v) is 12.5. The lowest BCUT2D eigenvalue weighted by molar-refractivity contribution is -0.113. The zero-order valence-corrected chi connectivity index (χ0v) is 19.2. The molecule has 0 unspecified atom stereocenters. The number of thioether (sulfide) groups is 1. The Hall–Kier alpha value is -2.86. The Labute approximate surface area is 192 Å². The number of amides is 1. The number of thiazole rings is 1. The molecule has 0 atom stereocenters. The van der Waals surface area contributed by atoms with Crippen LogP contribution in [0, 0.1) is 12.7 Å². The monoisotopic (exact) mass is 491 g/mol. The quantitative estimate of drug-likeness (QED) is 0.281. The fraction of sp³-hybridized carbons (Fsp3) is 0.0952. The first-order chi connectivity index (χ1) is 15.1. The molecule has 3 N–H and O–H groups in total. The molecule has 2 aromatic carbocycles. The molecule has 0 aliphatic rings. The Kier molecular flexibility index (Phi) is 7.56. The van der Waals surface area contributed by atoms with Crippen molar-refractivity contribution in [1.29, 1.82) is 0 Å². The lowest BCUT2D eigenvalue weighted by Gasteiger charge is -2.05. The topological polar surface area (TPSA) is 119 Å². The van der Waals surface area contributed by atoms with E-state index in [4.69, 9.17) is 5.14 Å². The molecule has 0 saturated heterocycles. The van der Waals surface area contributed by atoms with Gasteiger partial charge in [-0.2, -0.15) is 0 Å². The predicted molar refractivity (Wildman–Crippen MR) is 124 cm³/mol. The van der Waals surface area contributed by atoms with Crippen LogP contribution in [0.25, 0.3) is 6.08 Å². The molecule has 1 amide bonds. The van der Waals surface area contributed by atoms with Gasteiger partial charge in [-0.15, -0.1) is 11.3 Å². The van der Waals surface area contributed by atoms with E-state index in [1.165, 1.54) is 65.6 Å². The van der Waals surface area contributed by atoms with Gasteiger partial charge >= 0.3 is 0 Å². The Morgan fingerprint density at radius 2 is 1.81 bits per heavy atom. The molecule has 166 valence electrons. The molecule has 0 aliphatic carbocycles. The van der Waals surface area contributed by atoms with Crippen LogP contribution in [-0.2, 0) is 14.8 Å². The number of aryl methyl sites for hydroxylation is 1. The molecule has 3 aromatic rings. The Bertz CT molecular complexity index is 1270. The van der Waals surface area contributed by atoms with Crippen LogP contribution in [0.4, 0.5) is 10.1 Å². The van der Waals surface area contributed by atoms with Crippen molar-refractivity contribution in [2.75, 3.05) is 11.1 Å². The number of nitrogens with one attached hydrogen (secondary N) is 1. The highest BCUT2D eigenvalue weighted by molar-refractivity contribution is 8.01. The number of primary sulfonamides is 1. The molecule has 0 bridgehead atoms. The summed E-state index contributed by atoms with van der Waals surface area (Å²) < 4.78 is 36.1. The molecule has 1 aromatic heterocycles. The van der Waals surface area contributed by atoms with E-state index in [-0.39, 0.29) is 28.2 Å². The minimum absolute atomic E-state index is 0.0474. The van der Waals surface area contributed by atoms with Gasteiger partial charge in [-0.25, -0.2) is 22.9 Å². The molecule has 7 nitrogen and oxygen atoms in total. The number of nitrogens with two attached hydrogens (primary N) is 1. The number of ketones is 1. The van der Waals surface area contributed by atoms with Gasteiger partial charge in [0, 0.05) is 5.69 Å². The fourth-order valence-corrected chi connectivity index (χ4v) is 4.96. The molecule has 3 rings (SSSR count). The predicted octanol–water partition coefficient (Wildman–Crippen LogP) is 3.86. The van der Waals surface area contributed by atoms with E-state index in [2.05, 4.69) is 10.3 Å². The standard InChI is InChI=1S/C21H18FN3O4S3/c1-13-20(18(26)11-4-14-2-5-15(22)6-3-14)31-21(24-13)30-12-19(27)25-16-7-9-17(10-8-16)32(23,28)29/h2-11H,12H2,1H3,(H,25,27)(H2,23,28,29)/b11-4+. The summed E-state index contributed by atoms with van der Waals surface area (Å²) in [6, 6.07) is 11.3. The minimum Gasteiger partial charge on any atom is -0.325 e. The van der Waals surface area contributed by atoms with Crippen molar-refractivity contribution >= 4 is 56.6 Å². The Morgan fingerprint density at radius 1 is 1.16 bits per heavy atom. The van der Waals surface area contributed by atoms with Crippen LogP contribution in [0.3, 0.4) is 0 Å². The van der Waals surface area contributed by atoms with Crippen LogP contribution in [0.2, 0.25) is 0 Å². The molecule has 1 heterocycles. The van der Waals surface area contributed by atoms with Gasteiger partial charge in [0.2, 0.25) is 15.9 Å². The van der Waals surface area contributed by atoms with E-state index in [9.17, 15) is 22.4 Å². The normalized spacial score (nSPS) is 11.6. The summed E-state index contributed by atoms with van der Waals surface area (Å²) in [6.07, 6.45) is 3.00. The second kappa shape index (κ2) is 10.2. The third-order valence-corrected chi connectivity index (χ3v) is 7.34. The maximum Gasteiger partial charge on any atom is 0.238 e. The molecular formula is C21H18FN3O4S3. The van der Waals surface area contributed by atoms with E-state index >= 15 is 0 Å². The number of hydrogen-bond donors (Lipinski definition) is 2. The molecule has 0 radical (unpaired) electrons. The summed E-state index contributed by atoms with van der Waals surface area (Å²) in [5.74, 6) is -0.827. The van der Waals surface area contributed by atoms with Crippen LogP contribution >= 0.6 is 23.1 Å². The smallest absolute Gasteiger partial charge is 0.238 e. The van der Waals surface area contributed by atoms with E-state index in [0.29, 0.717) is 26.2 Å². The highest BCUT2D eigenvalue weighted by Gasteiger charge is 2.15. The zero-order chi connectivity index (χ0) is 23.3. The molecular weight excluding hydrogens is 473 g/mol. The summed E-state index contributed by atoms with van der Waals surface area (Å²) in [7, 11) is -3.80. The van der Waals surface area contributed by atoms with Crippen molar-refractivity contribution in [1.82, 2.24) is 4.98 Å². The average Bonchev–Trinajstić information content (AvgIpc) is 3.12. The van der Waals surface area contributed by atoms with Crippen molar-refractivity contribution in [3.63, 3.8) is 0 Å². The number of carbonyl (C=O) groups is 2. The van der Waals surface area contributed by atoms with Gasteiger partial charge in [0.25, 0.3) is 0 Å². The van der Waals surface area contributed by atoms with Gasteiger partial charge in [-0.1, -0.05) is 30.0 Å².